The molecule has 1 fully saturated rings. The van der Waals surface area contributed by atoms with Crippen LogP contribution in [0.3, 0.4) is 0 Å². The quantitative estimate of drug-likeness (QED) is 0.697. The van der Waals surface area contributed by atoms with Gasteiger partial charge in [-0.2, -0.15) is 10.4 Å². The minimum atomic E-state index is -3.57. The monoisotopic (exact) mass is 357 g/mol. The van der Waals surface area contributed by atoms with Crippen LogP contribution >= 0.6 is 0 Å². The molecule has 128 valence electrons. The molecule has 1 aliphatic heterocycles. The maximum absolute atomic E-state index is 11.8. The van der Waals surface area contributed by atoms with Gasteiger partial charge in [-0.15, -0.1) is 5.10 Å². The van der Waals surface area contributed by atoms with Crippen molar-refractivity contribution in [2.24, 2.45) is 0 Å². The summed E-state index contributed by atoms with van der Waals surface area (Å²) in [5.74, 6) is -0.529. The fourth-order valence-corrected chi connectivity index (χ4v) is 4.20. The van der Waals surface area contributed by atoms with Gasteiger partial charge in [0, 0.05) is 36.1 Å². The van der Waals surface area contributed by atoms with Crippen LogP contribution in [0.25, 0.3) is 21.9 Å². The van der Waals surface area contributed by atoms with E-state index in [2.05, 4.69) is 29.8 Å². The van der Waals surface area contributed by atoms with Crippen LogP contribution in [0.2, 0.25) is 0 Å². The number of hydrogen-bond acceptors (Lipinski definition) is 7. The number of nitriles is 1. The van der Waals surface area contributed by atoms with Crippen molar-refractivity contribution < 1.29 is 8.42 Å². The number of aromatic nitrogens is 4. The van der Waals surface area contributed by atoms with Crippen LogP contribution in [0.1, 0.15) is 6.42 Å². The van der Waals surface area contributed by atoms with E-state index in [0.29, 0.717) is 25.0 Å². The largest absolute Gasteiger partial charge is 0.368 e. The number of sulfonamides is 1. The Hall–Kier alpha value is -2.77. The zero-order valence-corrected chi connectivity index (χ0v) is 14.0. The summed E-state index contributed by atoms with van der Waals surface area (Å²) in [7, 11) is -3.57. The molecule has 25 heavy (non-hydrogen) atoms. The molecule has 1 saturated heterocycles. The van der Waals surface area contributed by atoms with Gasteiger partial charge in [0.1, 0.15) is 11.2 Å². The predicted octanol–water partition coefficient (Wildman–Crippen LogP) is 0.528. The molecule has 1 atom stereocenters. The normalized spacial score (nSPS) is 18.0. The van der Waals surface area contributed by atoms with Crippen molar-refractivity contribution in [3.05, 3.63) is 24.7 Å². The molecule has 0 spiro atoms. The molecule has 3 aromatic rings. The van der Waals surface area contributed by atoms with Gasteiger partial charge < -0.3 is 9.88 Å². The lowest BCUT2D eigenvalue weighted by Crippen LogP contribution is -2.38. The first-order chi connectivity index (χ1) is 12.1. The van der Waals surface area contributed by atoms with E-state index < -0.39 is 15.8 Å². The summed E-state index contributed by atoms with van der Waals surface area (Å²) in [5.41, 5.74) is 2.37. The smallest absolute Gasteiger partial charge is 0.225 e. The Morgan fingerprint density at radius 3 is 3.16 bits per heavy atom. The lowest BCUT2D eigenvalue weighted by Gasteiger charge is -2.20. The minimum absolute atomic E-state index is 0.231. The molecule has 2 N–H and O–H groups in total. The van der Waals surface area contributed by atoms with Crippen LogP contribution in [0.4, 0.5) is 5.69 Å². The van der Waals surface area contributed by atoms with Crippen LogP contribution in [0.15, 0.2) is 24.7 Å². The Morgan fingerprint density at radius 2 is 2.32 bits per heavy atom. The average Bonchev–Trinajstić information content (AvgIpc) is 3.22. The van der Waals surface area contributed by atoms with Crippen LogP contribution in [-0.2, 0) is 10.0 Å². The highest BCUT2D eigenvalue weighted by molar-refractivity contribution is 7.89. The predicted molar refractivity (Wildman–Crippen MR) is 92.3 cm³/mol. The second-order valence-corrected chi connectivity index (χ2v) is 7.71. The number of rotatable bonds is 4. The van der Waals surface area contributed by atoms with E-state index in [1.807, 2.05) is 12.3 Å². The van der Waals surface area contributed by atoms with E-state index >= 15 is 0 Å². The van der Waals surface area contributed by atoms with Gasteiger partial charge in [0.25, 0.3) is 0 Å². The van der Waals surface area contributed by atoms with Crippen LogP contribution in [0, 0.1) is 11.3 Å². The summed E-state index contributed by atoms with van der Waals surface area (Å²) in [6.45, 7) is 1.20. The second kappa shape index (κ2) is 5.94. The lowest BCUT2D eigenvalue weighted by molar-refractivity contribution is 0.564. The highest BCUT2D eigenvalue weighted by Gasteiger charge is 2.28. The molecule has 4 rings (SSSR count). The summed E-state index contributed by atoms with van der Waals surface area (Å²) >= 11 is 0. The molecule has 0 aliphatic carbocycles. The van der Waals surface area contributed by atoms with Crippen LogP contribution in [0.5, 0.6) is 0 Å². The summed E-state index contributed by atoms with van der Waals surface area (Å²) < 4.78 is 26.2. The molecular formula is C15H15N7O2S. The first-order valence-electron chi connectivity index (χ1n) is 7.77. The van der Waals surface area contributed by atoms with E-state index in [-0.39, 0.29) is 6.04 Å². The van der Waals surface area contributed by atoms with Crippen molar-refractivity contribution in [3.63, 3.8) is 0 Å². The van der Waals surface area contributed by atoms with Gasteiger partial charge in [0.15, 0.2) is 5.75 Å². The zero-order chi connectivity index (χ0) is 17.4. The Kier molecular flexibility index (Phi) is 3.74. The molecule has 1 unspecified atom stereocenters. The van der Waals surface area contributed by atoms with Crippen LogP contribution in [-0.4, -0.2) is 53.5 Å². The molecule has 1 aliphatic rings. The maximum Gasteiger partial charge on any atom is 0.225 e. The van der Waals surface area contributed by atoms with Gasteiger partial charge in [-0.05, 0) is 12.5 Å². The summed E-state index contributed by atoms with van der Waals surface area (Å²) in [4.78, 5) is 9.49. The third kappa shape index (κ3) is 2.88. The van der Waals surface area contributed by atoms with Gasteiger partial charge in [-0.1, -0.05) is 0 Å². The summed E-state index contributed by atoms with van der Waals surface area (Å²) in [5, 5.41) is 18.7. The Bertz CT molecular complexity index is 1090. The Balaban J connectivity index is 1.67. The molecule has 10 heteroatoms. The number of anilines is 1. The SMILES string of the molecule is N#CCS(=O)(=O)NC1CCN(c2cnnc3cnc4[nH]ccc4c23)C1. The van der Waals surface area contributed by atoms with Gasteiger partial charge in [0.05, 0.1) is 24.2 Å². The van der Waals surface area contributed by atoms with E-state index in [0.717, 1.165) is 22.1 Å². The van der Waals surface area contributed by atoms with E-state index in [4.69, 9.17) is 5.26 Å². The van der Waals surface area contributed by atoms with Crippen molar-refractivity contribution in [3.8, 4) is 6.07 Å². The van der Waals surface area contributed by atoms with Crippen molar-refractivity contribution in [1.82, 2.24) is 24.9 Å². The summed E-state index contributed by atoms with van der Waals surface area (Å²) in [6, 6.07) is 3.39. The topological polar surface area (TPSA) is 128 Å². The third-order valence-corrected chi connectivity index (χ3v) is 5.50. The number of H-pyrrole nitrogens is 1. The first kappa shape index (κ1) is 15.7. The third-order valence-electron chi connectivity index (χ3n) is 4.30. The van der Waals surface area contributed by atoms with Gasteiger partial charge in [0.2, 0.25) is 10.0 Å². The van der Waals surface area contributed by atoms with E-state index in [1.54, 1.807) is 18.5 Å². The van der Waals surface area contributed by atoms with Gasteiger partial charge in [-0.3, -0.25) is 0 Å². The zero-order valence-electron chi connectivity index (χ0n) is 13.2. The lowest BCUT2D eigenvalue weighted by atomic mass is 10.1. The standard InChI is InChI=1S/C15H15N7O2S/c16-3-6-25(23,24)21-10-2-5-22(9-10)13-8-19-20-12-7-18-15-11(14(12)13)1-4-17-15/h1,4,7-8,10,21H,2,5-6,9H2,(H,17,18). The molecule has 0 radical (unpaired) electrons. The molecule has 0 amide bonds. The molecular weight excluding hydrogens is 342 g/mol. The van der Waals surface area contributed by atoms with Crippen molar-refractivity contribution in [2.75, 3.05) is 23.7 Å². The summed E-state index contributed by atoms with van der Waals surface area (Å²) in [6.07, 6.45) is 5.86. The molecule has 3 aromatic heterocycles. The maximum atomic E-state index is 11.8. The highest BCUT2D eigenvalue weighted by Crippen LogP contribution is 2.32. The van der Waals surface area contributed by atoms with Gasteiger partial charge >= 0.3 is 0 Å². The van der Waals surface area contributed by atoms with Crippen molar-refractivity contribution in [2.45, 2.75) is 12.5 Å². The number of nitrogens with one attached hydrogen (secondary N) is 2. The Labute approximate surface area is 143 Å². The number of fused-ring (bicyclic) bond motifs is 3. The van der Waals surface area contributed by atoms with E-state index in [9.17, 15) is 8.42 Å². The number of pyridine rings is 1. The highest BCUT2D eigenvalue weighted by atomic mass is 32.2. The molecule has 9 nitrogen and oxygen atoms in total. The van der Waals surface area contributed by atoms with Crippen molar-refractivity contribution >= 4 is 37.6 Å². The molecule has 0 aromatic carbocycles. The van der Waals surface area contributed by atoms with Gasteiger partial charge in [-0.25, -0.2) is 18.1 Å². The number of nitrogens with zero attached hydrogens (tertiary/aromatic N) is 5. The molecule has 0 bridgehead atoms. The number of aromatic amines is 1. The fraction of sp³-hybridized carbons (Fsp3) is 0.333. The van der Waals surface area contributed by atoms with E-state index in [1.165, 1.54) is 0 Å². The number of hydrogen-bond donors (Lipinski definition) is 2. The molecule has 4 heterocycles. The minimum Gasteiger partial charge on any atom is -0.368 e. The average molecular weight is 357 g/mol. The molecule has 0 saturated carbocycles. The van der Waals surface area contributed by atoms with Crippen LogP contribution < -0.4 is 9.62 Å². The van der Waals surface area contributed by atoms with Crippen molar-refractivity contribution in [1.29, 1.82) is 5.26 Å². The second-order valence-electron chi connectivity index (χ2n) is 5.95. The Morgan fingerprint density at radius 1 is 1.44 bits per heavy atom. The first-order valence-corrected chi connectivity index (χ1v) is 9.42. The fourth-order valence-electron chi connectivity index (χ4n) is 3.25.